The summed E-state index contributed by atoms with van der Waals surface area (Å²) >= 11 is 2.66. The number of nitrogens with zero attached hydrogens (tertiary/aromatic N) is 3. The summed E-state index contributed by atoms with van der Waals surface area (Å²) in [7, 11) is 1.61. The zero-order valence-electron chi connectivity index (χ0n) is 14.2. The number of hydrogen-bond acceptors (Lipinski definition) is 5. The van der Waals surface area contributed by atoms with Crippen LogP contribution in [0.3, 0.4) is 0 Å². The quantitative estimate of drug-likeness (QED) is 0.585. The second kappa shape index (κ2) is 8.61. The Kier molecular flexibility index (Phi) is 6.77. The normalized spacial score (nSPS) is 12.5. The van der Waals surface area contributed by atoms with Crippen molar-refractivity contribution in [2.45, 2.75) is 39.4 Å². The summed E-state index contributed by atoms with van der Waals surface area (Å²) in [4.78, 5) is 13.5. The van der Waals surface area contributed by atoms with E-state index in [9.17, 15) is 13.2 Å². The standard InChI is InChI=1S/C15H20F3N5S2/c1-4-10-9(2)25-12(22-10)5-6-20-14(19-3)21-7-13-23-11(8-24-13)15(16,17)18/h8H,4-7H2,1-3H3,(H2,19,20,21). The number of alkyl halides is 3. The zero-order valence-corrected chi connectivity index (χ0v) is 15.8. The lowest BCUT2D eigenvalue weighted by Crippen LogP contribution is -2.37. The third kappa shape index (κ3) is 5.67. The molecule has 0 aliphatic rings. The Bertz CT molecular complexity index is 721. The molecule has 0 saturated heterocycles. The number of halogens is 3. The van der Waals surface area contributed by atoms with E-state index in [0.717, 1.165) is 40.3 Å². The highest BCUT2D eigenvalue weighted by Crippen LogP contribution is 2.29. The second-order valence-corrected chi connectivity index (χ2v) is 7.42. The van der Waals surface area contributed by atoms with E-state index in [1.54, 1.807) is 18.4 Å². The maximum atomic E-state index is 12.5. The fourth-order valence-electron chi connectivity index (χ4n) is 2.11. The summed E-state index contributed by atoms with van der Waals surface area (Å²) < 4.78 is 37.6. The molecule has 0 atom stereocenters. The predicted octanol–water partition coefficient (Wildman–Crippen LogP) is 3.40. The van der Waals surface area contributed by atoms with E-state index in [4.69, 9.17) is 0 Å². The van der Waals surface area contributed by atoms with Gasteiger partial charge >= 0.3 is 6.18 Å². The van der Waals surface area contributed by atoms with E-state index in [1.165, 1.54) is 4.88 Å². The molecule has 0 aliphatic heterocycles. The number of thiazole rings is 2. The van der Waals surface area contributed by atoms with E-state index in [2.05, 4.69) is 39.4 Å². The van der Waals surface area contributed by atoms with Crippen LogP contribution in [-0.2, 0) is 25.6 Å². The Morgan fingerprint density at radius 1 is 1.24 bits per heavy atom. The van der Waals surface area contributed by atoms with Gasteiger partial charge in [-0.2, -0.15) is 13.2 Å². The number of hydrogen-bond donors (Lipinski definition) is 2. The van der Waals surface area contributed by atoms with Gasteiger partial charge in [-0.3, -0.25) is 4.99 Å². The van der Waals surface area contributed by atoms with Gasteiger partial charge in [-0.15, -0.1) is 22.7 Å². The highest BCUT2D eigenvalue weighted by atomic mass is 32.1. The Morgan fingerprint density at radius 2 is 2.00 bits per heavy atom. The van der Waals surface area contributed by atoms with Gasteiger partial charge < -0.3 is 10.6 Å². The van der Waals surface area contributed by atoms with Crippen LogP contribution in [0.4, 0.5) is 13.2 Å². The minimum atomic E-state index is -4.40. The first-order chi connectivity index (χ1) is 11.8. The Balaban J connectivity index is 1.79. The summed E-state index contributed by atoms with van der Waals surface area (Å²) in [5.74, 6) is 0.521. The summed E-state index contributed by atoms with van der Waals surface area (Å²) in [5, 5.41) is 8.54. The van der Waals surface area contributed by atoms with Gasteiger partial charge in [-0.1, -0.05) is 6.92 Å². The minimum absolute atomic E-state index is 0.191. The van der Waals surface area contributed by atoms with E-state index in [1.807, 2.05) is 0 Å². The van der Waals surface area contributed by atoms with Gasteiger partial charge in [0.1, 0.15) is 5.01 Å². The first-order valence-electron chi connectivity index (χ1n) is 7.74. The molecule has 2 heterocycles. The number of rotatable bonds is 6. The van der Waals surface area contributed by atoms with Gasteiger partial charge in [0.05, 0.1) is 17.2 Å². The van der Waals surface area contributed by atoms with Crippen LogP contribution in [0.5, 0.6) is 0 Å². The molecule has 0 spiro atoms. The lowest BCUT2D eigenvalue weighted by Gasteiger charge is -2.10. The molecule has 0 fully saturated rings. The fraction of sp³-hybridized carbons (Fsp3) is 0.533. The lowest BCUT2D eigenvalue weighted by molar-refractivity contribution is -0.140. The summed E-state index contributed by atoms with van der Waals surface area (Å²) in [6, 6.07) is 0. The van der Waals surface area contributed by atoms with Crippen LogP contribution in [0.15, 0.2) is 10.4 Å². The van der Waals surface area contributed by atoms with Crippen molar-refractivity contribution in [3.8, 4) is 0 Å². The maximum Gasteiger partial charge on any atom is 0.434 e. The molecular weight excluding hydrogens is 371 g/mol. The van der Waals surface area contributed by atoms with Gasteiger partial charge in [0.25, 0.3) is 0 Å². The number of aryl methyl sites for hydroxylation is 2. The largest absolute Gasteiger partial charge is 0.434 e. The van der Waals surface area contributed by atoms with Crippen LogP contribution < -0.4 is 10.6 Å². The zero-order chi connectivity index (χ0) is 18.4. The van der Waals surface area contributed by atoms with Crippen LogP contribution in [0.1, 0.15) is 33.2 Å². The SMILES string of the molecule is CCc1nc(CCNC(=NC)NCc2nc(C(F)(F)F)cs2)sc1C. The summed E-state index contributed by atoms with van der Waals surface area (Å²) in [6.45, 7) is 4.98. The maximum absolute atomic E-state index is 12.5. The summed E-state index contributed by atoms with van der Waals surface area (Å²) in [5.41, 5.74) is 0.273. The molecule has 0 aromatic carbocycles. The van der Waals surface area contributed by atoms with Crippen molar-refractivity contribution in [1.29, 1.82) is 0 Å². The fourth-order valence-corrected chi connectivity index (χ4v) is 3.87. The molecular formula is C15H20F3N5S2. The molecule has 2 aromatic rings. The lowest BCUT2D eigenvalue weighted by atomic mass is 10.3. The molecule has 0 saturated carbocycles. The molecule has 2 N–H and O–H groups in total. The first kappa shape index (κ1) is 19.6. The molecule has 2 aromatic heterocycles. The van der Waals surface area contributed by atoms with Gasteiger partial charge in [-0.05, 0) is 13.3 Å². The Labute approximate surface area is 152 Å². The van der Waals surface area contributed by atoms with Crippen molar-refractivity contribution >= 4 is 28.6 Å². The molecule has 138 valence electrons. The monoisotopic (exact) mass is 391 g/mol. The molecule has 0 unspecified atom stereocenters. The third-order valence-electron chi connectivity index (χ3n) is 3.38. The van der Waals surface area contributed by atoms with E-state index >= 15 is 0 Å². The van der Waals surface area contributed by atoms with Crippen LogP contribution >= 0.6 is 22.7 Å². The van der Waals surface area contributed by atoms with E-state index < -0.39 is 11.9 Å². The average molecular weight is 391 g/mol. The smallest absolute Gasteiger partial charge is 0.356 e. The average Bonchev–Trinajstić information content (AvgIpc) is 3.16. The van der Waals surface area contributed by atoms with Crippen molar-refractivity contribution in [2.24, 2.45) is 4.99 Å². The van der Waals surface area contributed by atoms with E-state index in [-0.39, 0.29) is 6.54 Å². The molecule has 2 rings (SSSR count). The number of aliphatic imine (C=N–C) groups is 1. The van der Waals surface area contributed by atoms with Gasteiger partial charge in [0, 0.05) is 30.3 Å². The van der Waals surface area contributed by atoms with Crippen LogP contribution in [0.25, 0.3) is 0 Å². The highest BCUT2D eigenvalue weighted by molar-refractivity contribution is 7.11. The summed E-state index contributed by atoms with van der Waals surface area (Å²) in [6.07, 6.45) is -2.72. The van der Waals surface area contributed by atoms with Crippen LogP contribution in [-0.4, -0.2) is 29.5 Å². The Morgan fingerprint density at radius 3 is 2.56 bits per heavy atom. The molecule has 0 aliphatic carbocycles. The number of nitrogens with one attached hydrogen (secondary N) is 2. The second-order valence-electron chi connectivity index (χ2n) is 5.19. The first-order valence-corrected chi connectivity index (χ1v) is 9.44. The molecule has 10 heteroatoms. The molecule has 0 bridgehead atoms. The highest BCUT2D eigenvalue weighted by Gasteiger charge is 2.33. The van der Waals surface area contributed by atoms with Crippen molar-refractivity contribution in [3.63, 3.8) is 0 Å². The molecule has 0 amide bonds. The third-order valence-corrected chi connectivity index (χ3v) is 5.30. The van der Waals surface area contributed by atoms with Gasteiger partial charge in [-0.25, -0.2) is 9.97 Å². The number of aromatic nitrogens is 2. The van der Waals surface area contributed by atoms with Crippen molar-refractivity contribution in [1.82, 2.24) is 20.6 Å². The molecule has 5 nitrogen and oxygen atoms in total. The van der Waals surface area contributed by atoms with Crippen LogP contribution in [0.2, 0.25) is 0 Å². The van der Waals surface area contributed by atoms with Crippen LogP contribution in [0, 0.1) is 6.92 Å². The molecule has 25 heavy (non-hydrogen) atoms. The van der Waals surface area contributed by atoms with Crippen molar-refractivity contribution < 1.29 is 13.2 Å². The van der Waals surface area contributed by atoms with Crippen molar-refractivity contribution in [3.05, 3.63) is 31.7 Å². The van der Waals surface area contributed by atoms with E-state index in [0.29, 0.717) is 17.5 Å². The molecule has 0 radical (unpaired) electrons. The van der Waals surface area contributed by atoms with Crippen molar-refractivity contribution in [2.75, 3.05) is 13.6 Å². The Hall–Kier alpha value is -1.68. The minimum Gasteiger partial charge on any atom is -0.356 e. The predicted molar refractivity (Wildman–Crippen MR) is 95.3 cm³/mol. The van der Waals surface area contributed by atoms with Gasteiger partial charge in [0.15, 0.2) is 11.7 Å². The van der Waals surface area contributed by atoms with Gasteiger partial charge in [0.2, 0.25) is 0 Å². The topological polar surface area (TPSA) is 62.2 Å². The number of guanidine groups is 1.